The molecular formula is C31H31ClF2N4O4. The van der Waals surface area contributed by atoms with Gasteiger partial charge in [-0.25, -0.2) is 13.6 Å². The molecule has 2 aliphatic heterocycles. The predicted molar refractivity (Wildman–Crippen MR) is 155 cm³/mol. The summed E-state index contributed by atoms with van der Waals surface area (Å²) in [6.45, 7) is 2.15. The van der Waals surface area contributed by atoms with E-state index in [4.69, 9.17) is 11.6 Å². The molecule has 3 amide bonds. The lowest BCUT2D eigenvalue weighted by Gasteiger charge is -2.38. The molecule has 0 spiro atoms. The minimum Gasteiger partial charge on any atom is -0.453 e. The number of amides is 3. The van der Waals surface area contributed by atoms with Crippen molar-refractivity contribution >= 4 is 40.9 Å². The molecule has 5 rings (SSSR count). The molecular weight excluding hydrogens is 566 g/mol. The van der Waals surface area contributed by atoms with E-state index in [0.717, 1.165) is 17.2 Å². The third-order valence-electron chi connectivity index (χ3n) is 8.05. The lowest BCUT2D eigenvalue weighted by Crippen LogP contribution is -2.41. The second-order valence-corrected chi connectivity index (χ2v) is 11.2. The number of carbonyl (C=O) groups is 3. The SMILES string of the molecule is COC(=O)Nc1ccc2c(c1)NC(=O)C(C)CCCC(N1CCC(c3c(F)ccc(Cl)c3F)CC1=O)c1cncc-2c1. The summed E-state index contributed by atoms with van der Waals surface area (Å²) in [7, 11) is 1.27. The van der Waals surface area contributed by atoms with Crippen LogP contribution in [0.4, 0.5) is 25.0 Å². The fraction of sp³-hybridized carbons (Fsp3) is 0.355. The van der Waals surface area contributed by atoms with Crippen LogP contribution < -0.4 is 10.6 Å². The van der Waals surface area contributed by atoms with E-state index in [0.29, 0.717) is 49.2 Å². The highest BCUT2D eigenvalue weighted by molar-refractivity contribution is 6.30. The first-order chi connectivity index (χ1) is 20.2. The summed E-state index contributed by atoms with van der Waals surface area (Å²) in [5, 5.41) is 5.43. The molecule has 11 heteroatoms. The van der Waals surface area contributed by atoms with Crippen LogP contribution in [0, 0.1) is 17.6 Å². The smallest absolute Gasteiger partial charge is 0.411 e. The van der Waals surface area contributed by atoms with E-state index < -0.39 is 23.6 Å². The first kappa shape index (κ1) is 29.4. The van der Waals surface area contributed by atoms with Crippen LogP contribution in [0.25, 0.3) is 11.1 Å². The Balaban J connectivity index is 1.48. The maximum atomic E-state index is 14.8. The van der Waals surface area contributed by atoms with Crippen LogP contribution in [0.2, 0.25) is 5.02 Å². The molecule has 2 N–H and O–H groups in total. The van der Waals surface area contributed by atoms with Crippen molar-refractivity contribution in [2.24, 2.45) is 5.92 Å². The molecule has 2 aromatic carbocycles. The number of aromatic nitrogens is 1. The third-order valence-corrected chi connectivity index (χ3v) is 8.34. The standard InChI is InChI=1S/C31H31ClF2N4O4/c1-17-4-3-5-26(38-11-10-18(13-27(38)39)28-24(33)9-8-23(32)29(28)34)20-12-19(15-35-16-20)22-7-6-21(36-31(41)42-2)14-25(22)37-30(17)40/h6-9,12,14-18,26H,3-5,10-11,13H2,1-2H3,(H,36,41)(H,37,40). The molecule has 3 unspecified atom stereocenters. The number of anilines is 2. The molecule has 2 aliphatic rings. The van der Waals surface area contributed by atoms with Gasteiger partial charge < -0.3 is 15.0 Å². The minimum absolute atomic E-state index is 0.0462. The first-order valence-electron chi connectivity index (χ1n) is 13.8. The van der Waals surface area contributed by atoms with Crippen molar-refractivity contribution < 1.29 is 27.9 Å². The van der Waals surface area contributed by atoms with Gasteiger partial charge in [0.05, 0.1) is 23.9 Å². The zero-order chi connectivity index (χ0) is 30.0. The lowest BCUT2D eigenvalue weighted by atomic mass is 9.86. The third kappa shape index (κ3) is 6.09. The Morgan fingerprint density at radius 3 is 2.69 bits per heavy atom. The molecule has 1 saturated heterocycles. The van der Waals surface area contributed by atoms with E-state index in [1.165, 1.54) is 13.2 Å². The number of hydrogen-bond acceptors (Lipinski definition) is 5. The van der Waals surface area contributed by atoms with Crippen LogP contribution in [0.3, 0.4) is 0 Å². The quantitative estimate of drug-likeness (QED) is 0.315. The van der Waals surface area contributed by atoms with Gasteiger partial charge >= 0.3 is 6.09 Å². The molecule has 3 aromatic rings. The molecule has 2 bridgehead atoms. The van der Waals surface area contributed by atoms with Crippen molar-refractivity contribution in [2.45, 2.75) is 51.0 Å². The van der Waals surface area contributed by atoms with Crippen molar-refractivity contribution in [3.05, 3.63) is 76.6 Å². The van der Waals surface area contributed by atoms with E-state index in [1.807, 2.05) is 13.0 Å². The van der Waals surface area contributed by atoms with Crippen molar-refractivity contribution in [3.8, 4) is 11.1 Å². The Hall–Kier alpha value is -4.05. The van der Waals surface area contributed by atoms with Gasteiger partial charge in [0.15, 0.2) is 0 Å². The number of benzene rings is 2. The number of rotatable bonds is 3. The fourth-order valence-corrected chi connectivity index (χ4v) is 5.95. The van der Waals surface area contributed by atoms with Gasteiger partial charge in [0.2, 0.25) is 11.8 Å². The van der Waals surface area contributed by atoms with E-state index in [1.54, 1.807) is 35.5 Å². The summed E-state index contributed by atoms with van der Waals surface area (Å²) in [4.78, 5) is 44.7. The Kier molecular flexibility index (Phi) is 8.72. The van der Waals surface area contributed by atoms with E-state index >= 15 is 0 Å². The Morgan fingerprint density at radius 1 is 1.12 bits per heavy atom. The number of ether oxygens (including phenoxy) is 1. The zero-order valence-corrected chi connectivity index (χ0v) is 24.0. The predicted octanol–water partition coefficient (Wildman–Crippen LogP) is 7.06. The zero-order valence-electron chi connectivity index (χ0n) is 23.3. The average Bonchev–Trinajstić information content (AvgIpc) is 2.97. The highest BCUT2D eigenvalue weighted by atomic mass is 35.5. The summed E-state index contributed by atoms with van der Waals surface area (Å²) in [5.41, 5.74) is 3.03. The molecule has 0 saturated carbocycles. The summed E-state index contributed by atoms with van der Waals surface area (Å²) >= 11 is 5.92. The highest BCUT2D eigenvalue weighted by Crippen LogP contribution is 2.40. The summed E-state index contributed by atoms with van der Waals surface area (Å²) in [6.07, 6.45) is 4.92. The number of nitrogens with zero attached hydrogens (tertiary/aromatic N) is 2. The molecule has 1 fully saturated rings. The molecule has 1 aromatic heterocycles. The highest BCUT2D eigenvalue weighted by Gasteiger charge is 2.35. The van der Waals surface area contributed by atoms with Crippen molar-refractivity contribution in [1.29, 1.82) is 0 Å². The lowest BCUT2D eigenvalue weighted by molar-refractivity contribution is -0.137. The van der Waals surface area contributed by atoms with Crippen molar-refractivity contribution in [3.63, 3.8) is 0 Å². The minimum atomic E-state index is -0.818. The molecule has 0 radical (unpaired) electrons. The molecule has 8 nitrogen and oxygen atoms in total. The number of hydrogen-bond donors (Lipinski definition) is 2. The van der Waals surface area contributed by atoms with Crippen LogP contribution in [-0.2, 0) is 14.3 Å². The normalized spacial score (nSPS) is 21.0. The second-order valence-electron chi connectivity index (χ2n) is 10.8. The fourth-order valence-electron chi connectivity index (χ4n) is 5.78. The molecule has 220 valence electrons. The largest absolute Gasteiger partial charge is 0.453 e. The number of piperidine rings is 1. The van der Waals surface area contributed by atoms with Crippen LogP contribution in [0.1, 0.15) is 62.1 Å². The van der Waals surface area contributed by atoms with Gasteiger partial charge in [0.25, 0.3) is 0 Å². The van der Waals surface area contributed by atoms with Crippen LogP contribution >= 0.6 is 11.6 Å². The van der Waals surface area contributed by atoms with Gasteiger partial charge in [-0.15, -0.1) is 0 Å². The van der Waals surface area contributed by atoms with Gasteiger partial charge in [-0.1, -0.05) is 31.0 Å². The van der Waals surface area contributed by atoms with Crippen LogP contribution in [0.15, 0.2) is 48.8 Å². The van der Waals surface area contributed by atoms with Crippen molar-refractivity contribution in [2.75, 3.05) is 24.3 Å². The summed E-state index contributed by atoms with van der Waals surface area (Å²) < 4.78 is 34.0. The number of halogens is 3. The van der Waals surface area contributed by atoms with E-state index in [9.17, 15) is 23.2 Å². The van der Waals surface area contributed by atoms with Gasteiger partial charge in [-0.05, 0) is 55.2 Å². The molecule has 3 atom stereocenters. The van der Waals surface area contributed by atoms with E-state index in [2.05, 4.69) is 20.4 Å². The maximum Gasteiger partial charge on any atom is 0.411 e. The second kappa shape index (κ2) is 12.4. The van der Waals surface area contributed by atoms with Crippen LogP contribution in [0.5, 0.6) is 0 Å². The maximum absolute atomic E-state index is 14.8. The van der Waals surface area contributed by atoms with Gasteiger partial charge in [-0.2, -0.15) is 0 Å². The monoisotopic (exact) mass is 596 g/mol. The topological polar surface area (TPSA) is 101 Å². The van der Waals surface area contributed by atoms with Gasteiger partial charge in [-0.3, -0.25) is 19.9 Å². The Morgan fingerprint density at radius 2 is 1.93 bits per heavy atom. The number of pyridine rings is 1. The van der Waals surface area contributed by atoms with Crippen LogP contribution in [-0.4, -0.2) is 41.4 Å². The number of methoxy groups -OCH3 is 1. The van der Waals surface area contributed by atoms with E-state index in [-0.39, 0.29) is 40.8 Å². The Labute approximate surface area is 247 Å². The molecule has 0 aliphatic carbocycles. The molecule has 42 heavy (non-hydrogen) atoms. The van der Waals surface area contributed by atoms with Crippen molar-refractivity contribution in [1.82, 2.24) is 9.88 Å². The first-order valence-corrected chi connectivity index (χ1v) is 14.2. The number of likely N-dealkylation sites (tertiary alicyclic amines) is 1. The van der Waals surface area contributed by atoms with Gasteiger partial charge in [0.1, 0.15) is 11.6 Å². The summed E-state index contributed by atoms with van der Waals surface area (Å²) in [5.74, 6) is -2.84. The molecule has 3 heterocycles. The number of carbonyl (C=O) groups excluding carboxylic acids is 3. The Bertz CT molecular complexity index is 1530. The van der Waals surface area contributed by atoms with Gasteiger partial charge in [0, 0.05) is 59.6 Å². The number of fused-ring (bicyclic) bond motifs is 4. The number of nitrogens with one attached hydrogen (secondary N) is 2. The average molecular weight is 597 g/mol. The summed E-state index contributed by atoms with van der Waals surface area (Å²) in [6, 6.07) is 9.05.